The van der Waals surface area contributed by atoms with Gasteiger partial charge in [-0.25, -0.2) is 9.78 Å². The van der Waals surface area contributed by atoms with E-state index in [9.17, 15) is 4.79 Å². The summed E-state index contributed by atoms with van der Waals surface area (Å²) in [5.41, 5.74) is 2.41. The molecule has 0 saturated heterocycles. The third kappa shape index (κ3) is 3.96. The summed E-state index contributed by atoms with van der Waals surface area (Å²) in [5, 5.41) is 5.84. The standard InChI is InChI=1S/C19H25N3O2/c1-14-15(2)24-17(22-14)12-20-18(23)21-13-19(9-6-10-19)11-16-7-4-3-5-8-16/h3-5,7-8H,6,9-13H2,1-2H3,(H2,20,21,23). The smallest absolute Gasteiger partial charge is 0.315 e. The molecule has 1 aromatic heterocycles. The SMILES string of the molecule is Cc1nc(CNC(=O)NCC2(Cc3ccccc3)CCC2)oc1C. The van der Waals surface area contributed by atoms with Crippen molar-refractivity contribution in [2.45, 2.75) is 46.1 Å². The molecule has 128 valence electrons. The van der Waals surface area contributed by atoms with Crippen molar-refractivity contribution in [3.63, 3.8) is 0 Å². The summed E-state index contributed by atoms with van der Waals surface area (Å²) in [4.78, 5) is 16.3. The Hall–Kier alpha value is -2.30. The van der Waals surface area contributed by atoms with E-state index in [0.717, 1.165) is 17.9 Å². The lowest BCUT2D eigenvalue weighted by Gasteiger charge is -2.42. The Kier molecular flexibility index (Phi) is 4.88. The lowest BCUT2D eigenvalue weighted by Crippen LogP contribution is -2.46. The largest absolute Gasteiger partial charge is 0.444 e. The van der Waals surface area contributed by atoms with Crippen molar-refractivity contribution in [1.82, 2.24) is 15.6 Å². The first-order valence-electron chi connectivity index (χ1n) is 8.55. The third-order valence-corrected chi connectivity index (χ3v) is 4.93. The highest BCUT2D eigenvalue weighted by Crippen LogP contribution is 2.43. The summed E-state index contributed by atoms with van der Waals surface area (Å²) in [6.45, 7) is 4.78. The number of carbonyl (C=O) groups is 1. The van der Waals surface area contributed by atoms with Crippen LogP contribution in [0.2, 0.25) is 0 Å². The third-order valence-electron chi connectivity index (χ3n) is 4.93. The maximum Gasteiger partial charge on any atom is 0.315 e. The lowest BCUT2D eigenvalue weighted by atomic mass is 9.65. The van der Waals surface area contributed by atoms with Gasteiger partial charge in [-0.15, -0.1) is 0 Å². The number of aryl methyl sites for hydroxylation is 2. The molecule has 1 aliphatic carbocycles. The lowest BCUT2D eigenvalue weighted by molar-refractivity contribution is 0.131. The quantitative estimate of drug-likeness (QED) is 0.853. The Morgan fingerprint density at radius 3 is 2.54 bits per heavy atom. The van der Waals surface area contributed by atoms with E-state index < -0.39 is 0 Å². The molecule has 2 aromatic rings. The van der Waals surface area contributed by atoms with Crippen molar-refractivity contribution in [2.24, 2.45) is 5.41 Å². The first-order chi connectivity index (χ1) is 11.6. The number of hydrogen-bond acceptors (Lipinski definition) is 3. The summed E-state index contributed by atoms with van der Waals surface area (Å²) in [5.74, 6) is 1.34. The molecule has 2 amide bonds. The molecule has 0 atom stereocenters. The van der Waals surface area contributed by atoms with Gasteiger partial charge in [-0.1, -0.05) is 36.8 Å². The van der Waals surface area contributed by atoms with Gasteiger partial charge in [0.25, 0.3) is 0 Å². The van der Waals surface area contributed by atoms with E-state index in [1.165, 1.54) is 24.8 Å². The molecule has 0 spiro atoms. The van der Waals surface area contributed by atoms with E-state index in [2.05, 4.69) is 39.9 Å². The number of benzene rings is 1. The summed E-state index contributed by atoms with van der Waals surface area (Å²) in [6.07, 6.45) is 4.60. The van der Waals surface area contributed by atoms with E-state index in [4.69, 9.17) is 4.42 Å². The van der Waals surface area contributed by atoms with Gasteiger partial charge in [-0.05, 0) is 44.1 Å². The zero-order valence-electron chi connectivity index (χ0n) is 14.4. The molecule has 1 saturated carbocycles. The van der Waals surface area contributed by atoms with Crippen molar-refractivity contribution in [2.75, 3.05) is 6.54 Å². The maximum absolute atomic E-state index is 12.1. The monoisotopic (exact) mass is 327 g/mol. The Morgan fingerprint density at radius 1 is 1.21 bits per heavy atom. The molecule has 0 bridgehead atoms. The average molecular weight is 327 g/mol. The second-order valence-corrected chi connectivity index (χ2v) is 6.80. The number of carbonyl (C=O) groups excluding carboxylic acids is 1. The van der Waals surface area contributed by atoms with Crippen molar-refractivity contribution >= 4 is 6.03 Å². The van der Waals surface area contributed by atoms with Gasteiger partial charge in [0.2, 0.25) is 5.89 Å². The van der Waals surface area contributed by atoms with Gasteiger partial charge in [-0.3, -0.25) is 0 Å². The molecular weight excluding hydrogens is 302 g/mol. The summed E-state index contributed by atoms with van der Waals surface area (Å²) < 4.78 is 5.47. The van der Waals surface area contributed by atoms with Gasteiger partial charge in [0, 0.05) is 6.54 Å². The highest BCUT2D eigenvalue weighted by molar-refractivity contribution is 5.73. The Bertz CT molecular complexity index is 670. The molecule has 1 aliphatic rings. The molecule has 2 N–H and O–H groups in total. The fraction of sp³-hybridized carbons (Fsp3) is 0.474. The van der Waals surface area contributed by atoms with Crippen molar-refractivity contribution < 1.29 is 9.21 Å². The van der Waals surface area contributed by atoms with E-state index >= 15 is 0 Å². The number of nitrogens with one attached hydrogen (secondary N) is 2. The molecule has 1 fully saturated rings. The van der Waals surface area contributed by atoms with Gasteiger partial charge in [0.05, 0.1) is 12.2 Å². The number of urea groups is 1. The van der Waals surface area contributed by atoms with Crippen LogP contribution >= 0.6 is 0 Å². The topological polar surface area (TPSA) is 67.2 Å². The van der Waals surface area contributed by atoms with E-state index in [0.29, 0.717) is 19.0 Å². The van der Waals surface area contributed by atoms with Crippen molar-refractivity contribution in [3.8, 4) is 0 Å². The number of amides is 2. The second kappa shape index (κ2) is 7.07. The van der Waals surface area contributed by atoms with Crippen LogP contribution in [-0.2, 0) is 13.0 Å². The summed E-state index contributed by atoms with van der Waals surface area (Å²) >= 11 is 0. The zero-order chi connectivity index (χ0) is 17.0. The van der Waals surface area contributed by atoms with Gasteiger partial charge in [0.15, 0.2) is 0 Å². The van der Waals surface area contributed by atoms with Gasteiger partial charge in [-0.2, -0.15) is 0 Å². The van der Waals surface area contributed by atoms with Crippen LogP contribution in [0.25, 0.3) is 0 Å². The molecule has 3 rings (SSSR count). The number of oxazole rings is 1. The highest BCUT2D eigenvalue weighted by atomic mass is 16.4. The average Bonchev–Trinajstić information content (AvgIpc) is 2.87. The molecule has 1 heterocycles. The summed E-state index contributed by atoms with van der Waals surface area (Å²) in [7, 11) is 0. The van der Waals surface area contributed by atoms with Crippen LogP contribution in [-0.4, -0.2) is 17.6 Å². The Morgan fingerprint density at radius 2 is 1.96 bits per heavy atom. The van der Waals surface area contributed by atoms with Crippen LogP contribution in [0.3, 0.4) is 0 Å². The van der Waals surface area contributed by atoms with E-state index in [1.54, 1.807) is 0 Å². The highest BCUT2D eigenvalue weighted by Gasteiger charge is 2.37. The number of hydrogen-bond donors (Lipinski definition) is 2. The van der Waals surface area contributed by atoms with Gasteiger partial charge >= 0.3 is 6.03 Å². The fourth-order valence-corrected chi connectivity index (χ4v) is 3.22. The van der Waals surface area contributed by atoms with Crippen LogP contribution in [0.4, 0.5) is 4.79 Å². The molecule has 0 unspecified atom stereocenters. The summed E-state index contributed by atoms with van der Waals surface area (Å²) in [6, 6.07) is 10.3. The Balaban J connectivity index is 1.47. The number of rotatable bonds is 6. The van der Waals surface area contributed by atoms with Crippen LogP contribution in [0.1, 0.15) is 42.2 Å². The molecule has 5 heteroatoms. The second-order valence-electron chi connectivity index (χ2n) is 6.80. The van der Waals surface area contributed by atoms with Crippen molar-refractivity contribution in [3.05, 3.63) is 53.2 Å². The normalized spacial score (nSPS) is 15.6. The molecule has 0 radical (unpaired) electrons. The zero-order valence-corrected chi connectivity index (χ0v) is 14.4. The van der Waals surface area contributed by atoms with E-state index in [1.807, 2.05) is 19.9 Å². The first kappa shape index (κ1) is 16.6. The van der Waals surface area contributed by atoms with E-state index in [-0.39, 0.29) is 11.4 Å². The van der Waals surface area contributed by atoms with Crippen LogP contribution in [0, 0.1) is 19.3 Å². The first-order valence-corrected chi connectivity index (χ1v) is 8.55. The predicted molar refractivity (Wildman–Crippen MR) is 92.6 cm³/mol. The molecule has 0 aliphatic heterocycles. The number of nitrogens with zero attached hydrogens (tertiary/aromatic N) is 1. The van der Waals surface area contributed by atoms with Gasteiger partial charge in [0.1, 0.15) is 5.76 Å². The van der Waals surface area contributed by atoms with Crippen molar-refractivity contribution in [1.29, 1.82) is 0 Å². The molecule has 24 heavy (non-hydrogen) atoms. The minimum atomic E-state index is -0.164. The van der Waals surface area contributed by atoms with Crippen LogP contribution < -0.4 is 10.6 Å². The van der Waals surface area contributed by atoms with Gasteiger partial charge < -0.3 is 15.1 Å². The molecule has 5 nitrogen and oxygen atoms in total. The van der Waals surface area contributed by atoms with Crippen LogP contribution in [0.5, 0.6) is 0 Å². The molecule has 1 aromatic carbocycles. The minimum absolute atomic E-state index is 0.164. The Labute approximate surface area is 142 Å². The predicted octanol–water partition coefficient (Wildman–Crippen LogP) is 3.50. The molecular formula is C19H25N3O2. The maximum atomic E-state index is 12.1. The fourth-order valence-electron chi connectivity index (χ4n) is 3.22. The van der Waals surface area contributed by atoms with Crippen LogP contribution in [0.15, 0.2) is 34.7 Å². The minimum Gasteiger partial charge on any atom is -0.444 e. The number of aromatic nitrogens is 1.